The maximum Gasteiger partial charge on any atom is 0.407 e. The third kappa shape index (κ3) is 3.75. The minimum Gasteiger partial charge on any atom is -0.467 e. The van der Waals surface area contributed by atoms with Crippen LogP contribution in [0.2, 0.25) is 0 Å². The van der Waals surface area contributed by atoms with E-state index >= 15 is 0 Å². The van der Waals surface area contributed by atoms with Gasteiger partial charge in [-0.2, -0.15) is 5.10 Å². The second-order valence-electron chi connectivity index (χ2n) is 8.11. The first kappa shape index (κ1) is 20.3. The highest BCUT2D eigenvalue weighted by Crippen LogP contribution is 2.35. The summed E-state index contributed by atoms with van der Waals surface area (Å²) >= 11 is 0. The van der Waals surface area contributed by atoms with E-state index in [0.29, 0.717) is 17.1 Å². The van der Waals surface area contributed by atoms with Gasteiger partial charge in [0.25, 0.3) is 5.88 Å². The number of carbonyl (C=O) groups is 2. The highest BCUT2D eigenvalue weighted by molar-refractivity contribution is 5.93. The molecular formula is C21H23N5O6. The van der Waals surface area contributed by atoms with Crippen LogP contribution in [0.1, 0.15) is 18.6 Å². The van der Waals surface area contributed by atoms with Gasteiger partial charge >= 0.3 is 6.09 Å². The van der Waals surface area contributed by atoms with E-state index in [4.69, 9.17) is 14.0 Å². The number of rotatable bonds is 6. The van der Waals surface area contributed by atoms with Crippen LogP contribution >= 0.6 is 0 Å². The van der Waals surface area contributed by atoms with E-state index in [1.165, 1.54) is 12.0 Å². The number of hydrogen-bond donors (Lipinski definition) is 2. The first-order chi connectivity index (χ1) is 15.4. The maximum atomic E-state index is 12.0. The van der Waals surface area contributed by atoms with Crippen molar-refractivity contribution in [2.45, 2.75) is 32.0 Å². The van der Waals surface area contributed by atoms with Gasteiger partial charge in [0.15, 0.2) is 5.82 Å². The van der Waals surface area contributed by atoms with E-state index in [1.807, 2.05) is 12.1 Å². The lowest BCUT2D eigenvalue weighted by Gasteiger charge is -2.17. The van der Waals surface area contributed by atoms with Crippen LogP contribution in [0.25, 0.3) is 16.6 Å². The molecule has 5 rings (SSSR count). The number of aromatic nitrogens is 3. The third-order valence-corrected chi connectivity index (χ3v) is 5.83. The topological polar surface area (TPSA) is 131 Å². The van der Waals surface area contributed by atoms with Crippen molar-refractivity contribution < 1.29 is 28.7 Å². The molecule has 0 bridgehead atoms. The number of pyridine rings is 1. The molecule has 1 aliphatic heterocycles. The minimum atomic E-state index is -1.02. The van der Waals surface area contributed by atoms with Gasteiger partial charge in [0.1, 0.15) is 18.0 Å². The second kappa shape index (κ2) is 7.83. The molecule has 2 N–H and O–H groups in total. The number of likely N-dealkylation sites (tertiary alicyclic amines) is 1. The number of fused-ring (bicyclic) bond motifs is 1. The third-order valence-electron chi connectivity index (χ3n) is 5.83. The average Bonchev–Trinajstić information content (AvgIpc) is 3.27. The molecule has 0 aromatic carbocycles. The Labute approximate surface area is 182 Å². The molecule has 3 aromatic rings. The average molecular weight is 441 g/mol. The minimum absolute atomic E-state index is 0.00106. The Morgan fingerprint density at radius 2 is 2.03 bits per heavy atom. The zero-order valence-electron chi connectivity index (χ0n) is 17.6. The van der Waals surface area contributed by atoms with Crippen LogP contribution in [0.15, 0.2) is 28.9 Å². The number of carboxylic acid groups (broad SMARTS) is 1. The van der Waals surface area contributed by atoms with Gasteiger partial charge in [-0.25, -0.2) is 9.31 Å². The van der Waals surface area contributed by atoms with Crippen molar-refractivity contribution in [2.75, 3.05) is 25.5 Å². The number of methoxy groups -OCH3 is 1. The van der Waals surface area contributed by atoms with Crippen LogP contribution in [0.5, 0.6) is 5.88 Å². The molecule has 32 heavy (non-hydrogen) atoms. The van der Waals surface area contributed by atoms with Crippen molar-refractivity contribution in [3.8, 4) is 17.0 Å². The Morgan fingerprint density at radius 3 is 2.75 bits per heavy atom. The van der Waals surface area contributed by atoms with E-state index in [1.54, 1.807) is 23.7 Å². The largest absolute Gasteiger partial charge is 0.467 e. The fraction of sp³-hybridized carbons (Fsp3) is 0.429. The van der Waals surface area contributed by atoms with Gasteiger partial charge in [-0.05, 0) is 42.6 Å². The molecule has 1 aliphatic carbocycles. The summed E-state index contributed by atoms with van der Waals surface area (Å²) in [6, 6.07) is 5.55. The van der Waals surface area contributed by atoms with Crippen molar-refractivity contribution in [2.24, 2.45) is 5.92 Å². The van der Waals surface area contributed by atoms with Gasteiger partial charge in [-0.15, -0.1) is 0 Å². The number of nitrogens with one attached hydrogen (secondary N) is 1. The fourth-order valence-corrected chi connectivity index (χ4v) is 3.93. The van der Waals surface area contributed by atoms with Crippen LogP contribution < -0.4 is 10.1 Å². The van der Waals surface area contributed by atoms with Crippen molar-refractivity contribution in [1.29, 1.82) is 0 Å². The van der Waals surface area contributed by atoms with Crippen molar-refractivity contribution in [1.82, 2.24) is 19.7 Å². The summed E-state index contributed by atoms with van der Waals surface area (Å²) in [4.78, 5) is 24.6. The Kier molecular flexibility index (Phi) is 4.97. The molecule has 2 fully saturated rings. The first-order valence-electron chi connectivity index (χ1n) is 10.4. The normalized spacial score (nSPS) is 20.6. The lowest BCUT2D eigenvalue weighted by atomic mass is 10.1. The number of anilines is 1. The van der Waals surface area contributed by atoms with Gasteiger partial charge in [0.2, 0.25) is 5.91 Å². The molecule has 1 saturated heterocycles. The fourth-order valence-electron chi connectivity index (χ4n) is 3.93. The lowest BCUT2D eigenvalue weighted by Crippen LogP contribution is -2.32. The Bertz CT molecular complexity index is 1180. The molecule has 1 saturated carbocycles. The monoisotopic (exact) mass is 441 g/mol. The molecule has 2 atom stereocenters. The quantitative estimate of drug-likeness (QED) is 0.596. The van der Waals surface area contributed by atoms with Crippen LogP contribution in [0.4, 0.5) is 10.6 Å². The summed E-state index contributed by atoms with van der Waals surface area (Å²) in [5.41, 5.74) is 2.25. The predicted molar refractivity (Wildman–Crippen MR) is 112 cm³/mol. The zero-order chi connectivity index (χ0) is 22.4. The zero-order valence-corrected chi connectivity index (χ0v) is 17.6. The smallest absolute Gasteiger partial charge is 0.407 e. The van der Waals surface area contributed by atoms with Gasteiger partial charge < -0.3 is 29.3 Å². The number of amides is 2. The van der Waals surface area contributed by atoms with Crippen molar-refractivity contribution in [3.05, 3.63) is 30.2 Å². The van der Waals surface area contributed by atoms with Gasteiger partial charge in [0, 0.05) is 25.3 Å². The Balaban J connectivity index is 1.40. The standard InChI is InChI=1S/C21H23N5O6/c1-11-18(20(24-32-11)31-16-10-25(21(28)29)9-15(16)30-2)13-5-6-26-14(7-13)8-17(23-26)22-19(27)12-3-4-12/h5-8,12,15-16H,3-4,9-10H2,1-2H3,(H,28,29)(H,22,23,27)/t15-,16+/m1/s1. The van der Waals surface area contributed by atoms with E-state index < -0.39 is 18.3 Å². The van der Waals surface area contributed by atoms with Gasteiger partial charge in [-0.3, -0.25) is 4.79 Å². The number of hydrogen-bond acceptors (Lipinski definition) is 7. The molecule has 11 heteroatoms. The van der Waals surface area contributed by atoms with Crippen LogP contribution in [-0.2, 0) is 9.53 Å². The lowest BCUT2D eigenvalue weighted by molar-refractivity contribution is -0.117. The molecule has 2 amide bonds. The summed E-state index contributed by atoms with van der Waals surface area (Å²) in [6.07, 6.45) is 1.69. The number of nitrogens with zero attached hydrogens (tertiary/aromatic N) is 4. The summed E-state index contributed by atoms with van der Waals surface area (Å²) in [5.74, 6) is 1.43. The molecule has 2 aliphatic rings. The summed E-state index contributed by atoms with van der Waals surface area (Å²) < 4.78 is 18.5. The molecular weight excluding hydrogens is 418 g/mol. The van der Waals surface area contributed by atoms with Crippen LogP contribution in [-0.4, -0.2) is 69.2 Å². The van der Waals surface area contributed by atoms with E-state index in [0.717, 1.165) is 23.9 Å². The SMILES string of the molecule is CO[C@@H]1CN(C(=O)O)C[C@@H]1Oc1noc(C)c1-c1ccn2nc(NC(=O)C3CC3)cc2c1. The summed E-state index contributed by atoms with van der Waals surface area (Å²) in [6.45, 7) is 2.17. The highest BCUT2D eigenvalue weighted by Gasteiger charge is 2.38. The van der Waals surface area contributed by atoms with Gasteiger partial charge in [-0.1, -0.05) is 0 Å². The molecule has 4 heterocycles. The Hall–Kier alpha value is -3.60. The van der Waals surface area contributed by atoms with Gasteiger partial charge in [0.05, 0.1) is 24.2 Å². The number of carbonyl (C=O) groups excluding carboxylic acids is 1. The molecule has 0 spiro atoms. The van der Waals surface area contributed by atoms with E-state index in [9.17, 15) is 14.7 Å². The summed E-state index contributed by atoms with van der Waals surface area (Å²) in [5, 5.41) is 20.6. The van der Waals surface area contributed by atoms with Crippen molar-refractivity contribution in [3.63, 3.8) is 0 Å². The summed E-state index contributed by atoms with van der Waals surface area (Å²) in [7, 11) is 1.52. The molecule has 168 valence electrons. The predicted octanol–water partition coefficient (Wildman–Crippen LogP) is 2.40. The van der Waals surface area contributed by atoms with Crippen molar-refractivity contribution >= 4 is 23.3 Å². The van der Waals surface area contributed by atoms with E-state index in [2.05, 4.69) is 15.6 Å². The van der Waals surface area contributed by atoms with Crippen LogP contribution in [0, 0.1) is 12.8 Å². The Morgan fingerprint density at radius 1 is 1.25 bits per heavy atom. The molecule has 3 aromatic heterocycles. The van der Waals surface area contributed by atoms with Crippen LogP contribution in [0.3, 0.4) is 0 Å². The first-order valence-corrected chi connectivity index (χ1v) is 10.4. The highest BCUT2D eigenvalue weighted by atomic mass is 16.6. The maximum absolute atomic E-state index is 12.0. The molecule has 0 unspecified atom stereocenters. The molecule has 11 nitrogen and oxygen atoms in total. The molecule has 0 radical (unpaired) electrons. The second-order valence-corrected chi connectivity index (χ2v) is 8.11. The number of aryl methyl sites for hydroxylation is 1. The van der Waals surface area contributed by atoms with E-state index in [-0.39, 0.29) is 30.8 Å². The number of ether oxygens (including phenoxy) is 2.